The lowest BCUT2D eigenvalue weighted by atomic mass is 9.87. The third-order valence-corrected chi connectivity index (χ3v) is 4.41. The van der Waals surface area contributed by atoms with E-state index in [0.717, 1.165) is 16.8 Å². The molecule has 24 heavy (non-hydrogen) atoms. The van der Waals surface area contributed by atoms with Crippen molar-refractivity contribution in [1.29, 1.82) is 0 Å². The van der Waals surface area contributed by atoms with Crippen molar-refractivity contribution in [3.63, 3.8) is 0 Å². The van der Waals surface area contributed by atoms with Gasteiger partial charge in [-0.25, -0.2) is 0 Å². The van der Waals surface area contributed by atoms with E-state index in [0.29, 0.717) is 11.4 Å². The van der Waals surface area contributed by atoms with E-state index in [1.54, 1.807) is 40.5 Å². The van der Waals surface area contributed by atoms with E-state index in [1.807, 2.05) is 12.4 Å². The van der Waals surface area contributed by atoms with Crippen molar-refractivity contribution in [3.05, 3.63) is 52.6 Å². The zero-order chi connectivity index (χ0) is 17.3. The van der Waals surface area contributed by atoms with Crippen molar-refractivity contribution >= 4 is 23.1 Å². The number of carbonyl (C=O) groups excluding carboxylic acids is 1. The second kappa shape index (κ2) is 6.20. The van der Waals surface area contributed by atoms with Crippen molar-refractivity contribution < 1.29 is 4.79 Å². The highest BCUT2D eigenvalue weighted by molar-refractivity contribution is 7.08. The lowest BCUT2D eigenvalue weighted by Gasteiger charge is -2.17. The van der Waals surface area contributed by atoms with Gasteiger partial charge in [0.2, 0.25) is 0 Å². The van der Waals surface area contributed by atoms with Crippen LogP contribution in [0.4, 0.5) is 5.82 Å². The molecule has 0 aliphatic carbocycles. The Kier molecular flexibility index (Phi) is 4.24. The summed E-state index contributed by atoms with van der Waals surface area (Å²) >= 11 is 1.63. The number of rotatable bonds is 3. The Balaban J connectivity index is 2.08. The van der Waals surface area contributed by atoms with Gasteiger partial charge < -0.3 is 5.32 Å². The minimum atomic E-state index is -0.192. The summed E-state index contributed by atoms with van der Waals surface area (Å²) in [5.41, 5.74) is 3.40. The van der Waals surface area contributed by atoms with E-state index in [2.05, 4.69) is 47.6 Å². The molecule has 1 amide bonds. The summed E-state index contributed by atoms with van der Waals surface area (Å²) in [6.07, 6.45) is 3.20. The number of hydrogen-bond acceptors (Lipinski definition) is 4. The van der Waals surface area contributed by atoms with Crippen LogP contribution in [0.5, 0.6) is 0 Å². The fourth-order valence-electron chi connectivity index (χ4n) is 2.55. The molecule has 1 N–H and O–H groups in total. The summed E-state index contributed by atoms with van der Waals surface area (Å²) in [6, 6.07) is 5.54. The molecular weight excluding hydrogens is 320 g/mol. The van der Waals surface area contributed by atoms with Gasteiger partial charge in [0.05, 0.1) is 11.3 Å². The maximum absolute atomic E-state index is 12.6. The summed E-state index contributed by atoms with van der Waals surface area (Å²) < 4.78 is 1.74. The largest absolute Gasteiger partial charge is 0.306 e. The van der Waals surface area contributed by atoms with Crippen molar-refractivity contribution in [3.8, 4) is 11.1 Å². The monoisotopic (exact) mass is 340 g/mol. The van der Waals surface area contributed by atoms with E-state index >= 15 is 0 Å². The van der Waals surface area contributed by atoms with Gasteiger partial charge in [0.15, 0.2) is 0 Å². The number of thiophene rings is 1. The van der Waals surface area contributed by atoms with E-state index in [-0.39, 0.29) is 11.3 Å². The average Bonchev–Trinajstić information content (AvgIpc) is 3.16. The Morgan fingerprint density at radius 2 is 2.08 bits per heavy atom. The SMILES string of the molecule is Cn1nc(C(C)(C)C)c(-c2ccsc2)c1NC(=O)c1cccnc1. The summed E-state index contributed by atoms with van der Waals surface area (Å²) in [4.78, 5) is 16.6. The molecule has 0 spiro atoms. The van der Waals surface area contributed by atoms with Crippen LogP contribution in [0, 0.1) is 0 Å². The van der Waals surface area contributed by atoms with Crippen LogP contribution in [0.3, 0.4) is 0 Å². The third-order valence-electron chi connectivity index (χ3n) is 3.72. The topological polar surface area (TPSA) is 59.8 Å². The Morgan fingerprint density at radius 1 is 1.29 bits per heavy atom. The van der Waals surface area contributed by atoms with Crippen LogP contribution in [0.2, 0.25) is 0 Å². The first kappa shape index (κ1) is 16.4. The Hall–Kier alpha value is -2.47. The lowest BCUT2D eigenvalue weighted by Crippen LogP contribution is -2.15. The van der Waals surface area contributed by atoms with Gasteiger partial charge in [0, 0.05) is 30.4 Å². The Labute approximate surface area is 145 Å². The molecule has 3 heterocycles. The standard InChI is InChI=1S/C18H20N4OS/c1-18(2,3)15-14(13-7-9-24-11-13)16(22(4)21-15)20-17(23)12-6-5-8-19-10-12/h5-11H,1-4H3,(H,20,23). The van der Waals surface area contributed by atoms with Crippen molar-refractivity contribution in [2.45, 2.75) is 26.2 Å². The lowest BCUT2D eigenvalue weighted by molar-refractivity contribution is 0.102. The predicted octanol–water partition coefficient (Wildman–Crippen LogP) is 4.09. The van der Waals surface area contributed by atoms with Crippen molar-refractivity contribution in [2.75, 3.05) is 5.32 Å². The van der Waals surface area contributed by atoms with E-state index in [1.165, 1.54) is 0 Å². The molecule has 124 valence electrons. The van der Waals surface area contributed by atoms with Gasteiger partial charge in [-0.1, -0.05) is 20.8 Å². The molecule has 6 heteroatoms. The molecule has 0 saturated heterocycles. The molecule has 0 aliphatic heterocycles. The third kappa shape index (κ3) is 3.10. The zero-order valence-electron chi connectivity index (χ0n) is 14.2. The summed E-state index contributed by atoms with van der Waals surface area (Å²) in [5, 5.41) is 11.8. The number of pyridine rings is 1. The molecular formula is C18H20N4OS. The van der Waals surface area contributed by atoms with Crippen molar-refractivity contribution in [1.82, 2.24) is 14.8 Å². The van der Waals surface area contributed by atoms with Crippen LogP contribution in [-0.4, -0.2) is 20.7 Å². The number of amides is 1. The molecule has 0 bridgehead atoms. The molecule has 0 unspecified atom stereocenters. The Bertz CT molecular complexity index is 845. The minimum absolute atomic E-state index is 0.133. The van der Waals surface area contributed by atoms with E-state index in [9.17, 15) is 4.79 Å². The first-order chi connectivity index (χ1) is 11.4. The smallest absolute Gasteiger partial charge is 0.258 e. The first-order valence-electron chi connectivity index (χ1n) is 7.69. The van der Waals surface area contributed by atoms with Gasteiger partial charge in [-0.2, -0.15) is 16.4 Å². The van der Waals surface area contributed by atoms with Crippen LogP contribution < -0.4 is 5.32 Å². The molecule has 0 radical (unpaired) electrons. The molecule has 3 aromatic heterocycles. The fourth-order valence-corrected chi connectivity index (χ4v) is 3.20. The van der Waals surface area contributed by atoms with Crippen molar-refractivity contribution in [2.24, 2.45) is 7.05 Å². The number of hydrogen-bond donors (Lipinski definition) is 1. The predicted molar refractivity (Wildman–Crippen MR) is 97.4 cm³/mol. The molecule has 0 aliphatic rings. The van der Waals surface area contributed by atoms with Gasteiger partial charge in [0.25, 0.3) is 5.91 Å². The summed E-state index contributed by atoms with van der Waals surface area (Å²) in [6.45, 7) is 6.37. The number of aromatic nitrogens is 3. The highest BCUT2D eigenvalue weighted by Gasteiger charge is 2.28. The van der Waals surface area contributed by atoms with Crippen LogP contribution in [0.1, 0.15) is 36.8 Å². The number of nitrogens with zero attached hydrogens (tertiary/aromatic N) is 3. The second-order valence-electron chi connectivity index (χ2n) is 6.65. The van der Waals surface area contributed by atoms with Gasteiger partial charge in [-0.15, -0.1) is 0 Å². The Morgan fingerprint density at radius 3 is 2.67 bits per heavy atom. The van der Waals surface area contributed by atoms with Gasteiger partial charge in [-0.05, 0) is 34.5 Å². The van der Waals surface area contributed by atoms with Crippen LogP contribution in [-0.2, 0) is 12.5 Å². The molecule has 0 saturated carbocycles. The average molecular weight is 340 g/mol. The second-order valence-corrected chi connectivity index (χ2v) is 7.43. The molecule has 3 rings (SSSR count). The number of nitrogens with one attached hydrogen (secondary N) is 1. The maximum Gasteiger partial charge on any atom is 0.258 e. The number of carbonyl (C=O) groups is 1. The molecule has 0 fully saturated rings. The fraction of sp³-hybridized carbons (Fsp3) is 0.278. The maximum atomic E-state index is 12.6. The molecule has 3 aromatic rings. The zero-order valence-corrected chi connectivity index (χ0v) is 15.0. The van der Waals surface area contributed by atoms with Gasteiger partial charge in [0.1, 0.15) is 5.82 Å². The van der Waals surface area contributed by atoms with Crippen LogP contribution in [0.25, 0.3) is 11.1 Å². The van der Waals surface area contributed by atoms with Gasteiger partial charge in [-0.3, -0.25) is 14.5 Å². The summed E-state index contributed by atoms with van der Waals surface area (Å²) in [5.74, 6) is 0.509. The van der Waals surface area contributed by atoms with Crippen LogP contribution >= 0.6 is 11.3 Å². The van der Waals surface area contributed by atoms with Gasteiger partial charge >= 0.3 is 0 Å². The van der Waals surface area contributed by atoms with E-state index < -0.39 is 0 Å². The molecule has 0 aromatic carbocycles. The first-order valence-corrected chi connectivity index (χ1v) is 8.63. The minimum Gasteiger partial charge on any atom is -0.306 e. The summed E-state index contributed by atoms with van der Waals surface area (Å²) in [7, 11) is 1.85. The number of aryl methyl sites for hydroxylation is 1. The molecule has 5 nitrogen and oxygen atoms in total. The number of anilines is 1. The normalized spacial score (nSPS) is 11.5. The van der Waals surface area contributed by atoms with Crippen LogP contribution in [0.15, 0.2) is 41.4 Å². The molecule has 0 atom stereocenters. The highest BCUT2D eigenvalue weighted by Crippen LogP contribution is 2.38. The highest BCUT2D eigenvalue weighted by atomic mass is 32.1. The van der Waals surface area contributed by atoms with E-state index in [4.69, 9.17) is 0 Å². The quantitative estimate of drug-likeness (QED) is 0.781.